The summed E-state index contributed by atoms with van der Waals surface area (Å²) in [5.74, 6) is -0.505. The third-order valence-corrected chi connectivity index (χ3v) is 6.73. The molecule has 32 heavy (non-hydrogen) atoms. The Morgan fingerprint density at radius 2 is 1.62 bits per heavy atom. The molecule has 0 saturated carbocycles. The van der Waals surface area contributed by atoms with Gasteiger partial charge < -0.3 is 9.50 Å². The SMILES string of the molecule is Cc1ccccc1NC(=O)/C(C#N)=C/c1cc(Br)c(OS(=O)(=O)c2ccccc2)c(Br)c1. The van der Waals surface area contributed by atoms with Crippen LogP contribution >= 0.6 is 31.9 Å². The zero-order valence-corrected chi connectivity index (χ0v) is 20.7. The number of amides is 1. The summed E-state index contributed by atoms with van der Waals surface area (Å²) >= 11 is 6.61. The number of para-hydroxylation sites is 1. The molecule has 162 valence electrons. The van der Waals surface area contributed by atoms with Crippen molar-refractivity contribution >= 4 is 59.6 Å². The van der Waals surface area contributed by atoms with E-state index in [0.29, 0.717) is 20.2 Å². The van der Waals surface area contributed by atoms with E-state index in [1.54, 1.807) is 42.5 Å². The number of nitrogens with one attached hydrogen (secondary N) is 1. The molecule has 3 rings (SSSR count). The maximum Gasteiger partial charge on any atom is 0.339 e. The summed E-state index contributed by atoms with van der Waals surface area (Å²) < 4.78 is 31.0. The van der Waals surface area contributed by atoms with E-state index in [4.69, 9.17) is 4.18 Å². The first-order valence-corrected chi connectivity index (χ1v) is 12.2. The predicted octanol–water partition coefficient (Wildman–Crippen LogP) is 5.83. The third kappa shape index (κ3) is 5.65. The van der Waals surface area contributed by atoms with Crippen molar-refractivity contribution in [2.75, 3.05) is 5.32 Å². The van der Waals surface area contributed by atoms with Crippen LogP contribution in [0, 0.1) is 18.3 Å². The Bertz CT molecular complexity index is 1320. The maximum atomic E-state index is 12.6. The summed E-state index contributed by atoms with van der Waals surface area (Å²) in [5.41, 5.74) is 1.85. The predicted molar refractivity (Wildman–Crippen MR) is 129 cm³/mol. The number of rotatable bonds is 6. The second kappa shape index (κ2) is 10.1. The van der Waals surface area contributed by atoms with Crippen LogP contribution in [0.15, 0.2) is 86.1 Å². The van der Waals surface area contributed by atoms with Crippen molar-refractivity contribution in [3.05, 3.63) is 92.4 Å². The first kappa shape index (κ1) is 23.7. The van der Waals surface area contributed by atoms with Crippen molar-refractivity contribution in [3.63, 3.8) is 0 Å². The van der Waals surface area contributed by atoms with Gasteiger partial charge in [0, 0.05) is 5.69 Å². The van der Waals surface area contributed by atoms with Gasteiger partial charge in [0.15, 0.2) is 5.75 Å². The number of nitrogens with zero attached hydrogens (tertiary/aromatic N) is 1. The zero-order valence-electron chi connectivity index (χ0n) is 16.7. The Labute approximate surface area is 202 Å². The number of benzene rings is 3. The van der Waals surface area contributed by atoms with Crippen molar-refractivity contribution in [2.45, 2.75) is 11.8 Å². The van der Waals surface area contributed by atoms with Gasteiger partial charge in [0.2, 0.25) is 0 Å². The molecule has 0 radical (unpaired) electrons. The topological polar surface area (TPSA) is 96.3 Å². The molecule has 0 aromatic heterocycles. The molecule has 6 nitrogen and oxygen atoms in total. The van der Waals surface area contributed by atoms with Gasteiger partial charge in [-0.25, -0.2) is 0 Å². The van der Waals surface area contributed by atoms with E-state index < -0.39 is 16.0 Å². The number of hydrogen-bond donors (Lipinski definition) is 1. The van der Waals surface area contributed by atoms with E-state index in [9.17, 15) is 18.5 Å². The highest BCUT2D eigenvalue weighted by molar-refractivity contribution is 9.11. The van der Waals surface area contributed by atoms with Crippen molar-refractivity contribution in [3.8, 4) is 11.8 Å². The summed E-state index contributed by atoms with van der Waals surface area (Å²) in [6.07, 6.45) is 1.40. The third-order valence-electron chi connectivity index (χ3n) is 4.31. The number of carbonyl (C=O) groups excluding carboxylic acids is 1. The van der Waals surface area contributed by atoms with Gasteiger partial charge in [0.25, 0.3) is 5.91 Å². The van der Waals surface area contributed by atoms with E-state index in [1.807, 2.05) is 25.1 Å². The van der Waals surface area contributed by atoms with Crippen LogP contribution in [0.4, 0.5) is 5.69 Å². The summed E-state index contributed by atoms with van der Waals surface area (Å²) in [4.78, 5) is 12.6. The molecular weight excluding hydrogens is 560 g/mol. The van der Waals surface area contributed by atoms with Crippen LogP contribution in [0.1, 0.15) is 11.1 Å². The molecule has 0 aliphatic rings. The molecule has 0 fully saturated rings. The lowest BCUT2D eigenvalue weighted by Crippen LogP contribution is -2.14. The van der Waals surface area contributed by atoms with Crippen molar-refractivity contribution in [1.82, 2.24) is 0 Å². The Balaban J connectivity index is 1.88. The minimum Gasteiger partial charge on any atom is -0.377 e. The standard InChI is InChI=1S/C23H16Br2N2O4S/c1-15-7-5-6-10-21(15)27-23(28)17(14-26)11-16-12-19(24)22(20(25)13-16)31-32(29,30)18-8-3-2-4-9-18/h2-13H,1H3,(H,27,28)/b17-11+. The molecule has 0 bridgehead atoms. The number of carbonyl (C=O) groups is 1. The van der Waals surface area contributed by atoms with Gasteiger partial charge in [-0.05, 0) is 86.3 Å². The Hall–Kier alpha value is -2.93. The zero-order chi connectivity index (χ0) is 23.3. The Morgan fingerprint density at radius 1 is 1.03 bits per heavy atom. The molecule has 0 aliphatic carbocycles. The number of aryl methyl sites for hydroxylation is 1. The highest BCUT2D eigenvalue weighted by atomic mass is 79.9. The molecule has 0 unspecified atom stereocenters. The van der Waals surface area contributed by atoms with E-state index >= 15 is 0 Å². The van der Waals surface area contributed by atoms with Crippen LogP contribution < -0.4 is 9.50 Å². The average molecular weight is 576 g/mol. The van der Waals surface area contributed by atoms with Crippen LogP contribution in [0.2, 0.25) is 0 Å². The van der Waals surface area contributed by atoms with Crippen molar-refractivity contribution in [1.29, 1.82) is 5.26 Å². The van der Waals surface area contributed by atoms with Gasteiger partial charge >= 0.3 is 10.1 Å². The van der Waals surface area contributed by atoms with Crippen LogP contribution in [0.5, 0.6) is 5.75 Å². The van der Waals surface area contributed by atoms with Gasteiger partial charge in [0.1, 0.15) is 16.5 Å². The van der Waals surface area contributed by atoms with E-state index in [-0.39, 0.29) is 16.2 Å². The molecule has 9 heteroatoms. The molecule has 3 aromatic rings. The largest absolute Gasteiger partial charge is 0.377 e. The summed E-state index contributed by atoms with van der Waals surface area (Å²) in [7, 11) is -4.04. The van der Waals surface area contributed by atoms with Crippen LogP contribution in [-0.4, -0.2) is 14.3 Å². The van der Waals surface area contributed by atoms with E-state index in [0.717, 1.165) is 5.56 Å². The second-order valence-electron chi connectivity index (χ2n) is 6.60. The molecule has 0 heterocycles. The fraction of sp³-hybridized carbons (Fsp3) is 0.0435. The van der Waals surface area contributed by atoms with Crippen molar-refractivity contribution < 1.29 is 17.4 Å². The highest BCUT2D eigenvalue weighted by Gasteiger charge is 2.20. The minimum atomic E-state index is -4.04. The molecule has 1 N–H and O–H groups in total. The van der Waals surface area contributed by atoms with Gasteiger partial charge in [-0.2, -0.15) is 13.7 Å². The van der Waals surface area contributed by atoms with E-state index in [2.05, 4.69) is 37.2 Å². The highest BCUT2D eigenvalue weighted by Crippen LogP contribution is 2.37. The lowest BCUT2D eigenvalue weighted by Gasteiger charge is -2.12. The number of anilines is 1. The summed E-state index contributed by atoms with van der Waals surface area (Å²) in [5, 5.41) is 12.2. The molecule has 0 aliphatic heterocycles. The normalized spacial score (nSPS) is 11.5. The molecule has 0 saturated heterocycles. The fourth-order valence-electron chi connectivity index (χ4n) is 2.71. The van der Waals surface area contributed by atoms with Crippen LogP contribution in [0.3, 0.4) is 0 Å². The minimum absolute atomic E-state index is 0.0161. The number of nitriles is 1. The van der Waals surface area contributed by atoms with Crippen LogP contribution in [-0.2, 0) is 14.9 Å². The van der Waals surface area contributed by atoms with E-state index in [1.165, 1.54) is 18.2 Å². The van der Waals surface area contributed by atoms with Crippen molar-refractivity contribution in [2.24, 2.45) is 0 Å². The first-order chi connectivity index (χ1) is 15.2. The number of hydrogen-bond acceptors (Lipinski definition) is 5. The van der Waals surface area contributed by atoms with Gasteiger partial charge in [0.05, 0.1) is 8.95 Å². The molecule has 0 spiro atoms. The van der Waals surface area contributed by atoms with Gasteiger partial charge in [-0.3, -0.25) is 4.79 Å². The number of halogens is 2. The Morgan fingerprint density at radius 3 is 2.22 bits per heavy atom. The quantitative estimate of drug-likeness (QED) is 0.226. The summed E-state index contributed by atoms with van der Waals surface area (Å²) in [6, 6.07) is 20.0. The monoisotopic (exact) mass is 574 g/mol. The maximum absolute atomic E-state index is 12.6. The Kier molecular flexibility index (Phi) is 7.51. The lowest BCUT2D eigenvalue weighted by molar-refractivity contribution is -0.112. The summed E-state index contributed by atoms with van der Waals surface area (Å²) in [6.45, 7) is 1.85. The van der Waals surface area contributed by atoms with Gasteiger partial charge in [-0.15, -0.1) is 0 Å². The fourth-order valence-corrected chi connectivity index (χ4v) is 5.29. The van der Waals surface area contributed by atoms with Crippen LogP contribution in [0.25, 0.3) is 6.08 Å². The smallest absolute Gasteiger partial charge is 0.339 e. The second-order valence-corrected chi connectivity index (χ2v) is 9.86. The van der Waals surface area contributed by atoms with Gasteiger partial charge in [-0.1, -0.05) is 36.4 Å². The first-order valence-electron chi connectivity index (χ1n) is 9.18. The molecule has 1 amide bonds. The lowest BCUT2D eigenvalue weighted by atomic mass is 10.1. The molecule has 0 atom stereocenters. The average Bonchev–Trinajstić information content (AvgIpc) is 2.77. The molecule has 3 aromatic carbocycles. The molecular formula is C23H16Br2N2O4S.